The van der Waals surface area contributed by atoms with Gasteiger partial charge >= 0.3 is 0 Å². The highest BCUT2D eigenvalue weighted by atomic mass is 79.9. The molecule has 0 aliphatic heterocycles. The molecule has 0 fully saturated rings. The molecule has 0 saturated heterocycles. The van der Waals surface area contributed by atoms with Crippen LogP contribution in [0.25, 0.3) is 0 Å². The molecule has 0 radical (unpaired) electrons. The number of benzene rings is 1. The number of halogens is 1. The summed E-state index contributed by atoms with van der Waals surface area (Å²) in [6.45, 7) is 5.98. The fourth-order valence-electron chi connectivity index (χ4n) is 1.83. The van der Waals surface area contributed by atoms with Crippen LogP contribution in [0.2, 0.25) is 0 Å². The lowest BCUT2D eigenvalue weighted by Crippen LogP contribution is -2.32. The van der Waals surface area contributed by atoms with E-state index in [1.807, 2.05) is 39.0 Å². The Morgan fingerprint density at radius 3 is 2.64 bits per heavy atom. The lowest BCUT2D eigenvalue weighted by atomic mass is 10.2. The van der Waals surface area contributed by atoms with Gasteiger partial charge in [0.1, 0.15) is 0 Å². The first-order valence-electron chi connectivity index (χ1n) is 7.17. The minimum absolute atomic E-state index is 0.123. The molecule has 1 heterocycles. The summed E-state index contributed by atoms with van der Waals surface area (Å²) in [7, 11) is 0. The molecule has 2 rings (SSSR count). The molecular weight excluding hydrogens is 344 g/mol. The van der Waals surface area contributed by atoms with Gasteiger partial charge in [0.2, 0.25) is 0 Å². The van der Waals surface area contributed by atoms with Gasteiger partial charge in [-0.05, 0) is 56.2 Å². The van der Waals surface area contributed by atoms with Gasteiger partial charge in [-0.1, -0.05) is 22.9 Å². The summed E-state index contributed by atoms with van der Waals surface area (Å²) in [5.41, 5.74) is 2.36. The molecule has 1 unspecified atom stereocenters. The zero-order chi connectivity index (χ0) is 16.1. The van der Waals surface area contributed by atoms with Crippen LogP contribution in [0.4, 0.5) is 11.5 Å². The Morgan fingerprint density at radius 1 is 1.27 bits per heavy atom. The van der Waals surface area contributed by atoms with E-state index < -0.39 is 0 Å². The molecule has 2 aromatic rings. The second kappa shape index (κ2) is 7.35. The second-order valence-corrected chi connectivity index (χ2v) is 6.09. The normalized spacial score (nSPS) is 11.8. The smallest absolute Gasteiger partial charge is 0.272 e. The minimum atomic E-state index is -0.201. The summed E-state index contributed by atoms with van der Waals surface area (Å²) in [6.07, 6.45) is 0.877. The Bertz CT molecular complexity index is 658. The maximum Gasteiger partial charge on any atom is 0.272 e. The van der Waals surface area contributed by atoms with Crippen LogP contribution in [0.3, 0.4) is 0 Å². The van der Waals surface area contributed by atoms with Crippen LogP contribution in [-0.4, -0.2) is 22.1 Å². The van der Waals surface area contributed by atoms with Crippen molar-refractivity contribution in [2.45, 2.75) is 33.2 Å². The average Bonchev–Trinajstić information content (AvgIpc) is 2.50. The molecule has 22 heavy (non-hydrogen) atoms. The van der Waals surface area contributed by atoms with Crippen LogP contribution in [0.15, 0.2) is 34.8 Å². The van der Waals surface area contributed by atoms with Crippen molar-refractivity contribution in [3.05, 3.63) is 46.1 Å². The van der Waals surface area contributed by atoms with Crippen molar-refractivity contribution in [3.63, 3.8) is 0 Å². The van der Waals surface area contributed by atoms with Crippen molar-refractivity contribution < 1.29 is 4.79 Å². The van der Waals surface area contributed by atoms with E-state index in [4.69, 9.17) is 0 Å². The first-order chi connectivity index (χ1) is 10.5. The summed E-state index contributed by atoms with van der Waals surface area (Å²) in [6, 6.07) is 9.48. The first kappa shape index (κ1) is 16.4. The van der Waals surface area contributed by atoms with E-state index in [2.05, 4.69) is 36.8 Å². The van der Waals surface area contributed by atoms with Gasteiger partial charge in [-0.3, -0.25) is 4.79 Å². The fourth-order valence-corrected chi connectivity index (χ4v) is 2.30. The molecule has 0 bridgehead atoms. The molecule has 1 aromatic heterocycles. The molecule has 1 atom stereocenters. The van der Waals surface area contributed by atoms with Crippen molar-refractivity contribution >= 4 is 33.3 Å². The van der Waals surface area contributed by atoms with E-state index >= 15 is 0 Å². The quantitative estimate of drug-likeness (QED) is 0.848. The molecule has 1 aromatic carbocycles. The zero-order valence-electron chi connectivity index (χ0n) is 12.9. The molecule has 0 spiro atoms. The predicted molar refractivity (Wildman–Crippen MR) is 91.4 cm³/mol. The van der Waals surface area contributed by atoms with E-state index in [9.17, 15) is 4.79 Å². The molecular formula is C16H19BrN4O. The van der Waals surface area contributed by atoms with E-state index in [0.717, 1.165) is 22.1 Å². The van der Waals surface area contributed by atoms with Crippen molar-refractivity contribution in [1.29, 1.82) is 0 Å². The molecule has 0 aliphatic rings. The van der Waals surface area contributed by atoms with Gasteiger partial charge in [0, 0.05) is 16.2 Å². The lowest BCUT2D eigenvalue weighted by Gasteiger charge is -2.11. The topological polar surface area (TPSA) is 66.9 Å². The van der Waals surface area contributed by atoms with Crippen LogP contribution < -0.4 is 10.6 Å². The van der Waals surface area contributed by atoms with Crippen molar-refractivity contribution in [2.75, 3.05) is 5.32 Å². The van der Waals surface area contributed by atoms with Gasteiger partial charge in [0.15, 0.2) is 11.5 Å². The summed E-state index contributed by atoms with van der Waals surface area (Å²) >= 11 is 3.43. The lowest BCUT2D eigenvalue weighted by molar-refractivity contribution is 0.0933. The largest absolute Gasteiger partial charge is 0.348 e. The molecule has 5 nitrogen and oxygen atoms in total. The van der Waals surface area contributed by atoms with Gasteiger partial charge < -0.3 is 10.6 Å². The summed E-state index contributed by atoms with van der Waals surface area (Å²) in [5.74, 6) is 0.402. The molecule has 0 aliphatic carbocycles. The second-order valence-electron chi connectivity index (χ2n) is 5.17. The third-order valence-corrected chi connectivity index (χ3v) is 3.83. The molecule has 0 saturated carbocycles. The number of rotatable bonds is 5. The van der Waals surface area contributed by atoms with E-state index in [1.165, 1.54) is 0 Å². The van der Waals surface area contributed by atoms with Crippen LogP contribution in [0.5, 0.6) is 0 Å². The fraction of sp³-hybridized carbons (Fsp3) is 0.312. The summed E-state index contributed by atoms with van der Waals surface area (Å²) in [4.78, 5) is 11.9. The standard InChI is InChI=1S/C16H19BrN4O/c1-4-11(3)18-16(22)14-7-8-15(21-20-14)19-13-6-5-12(17)9-10(13)2/h5-9,11H,4H2,1-3H3,(H,18,22)(H,19,21). The van der Waals surface area contributed by atoms with Gasteiger partial charge in [-0.25, -0.2) is 0 Å². The first-order valence-corrected chi connectivity index (χ1v) is 7.96. The molecule has 2 N–H and O–H groups in total. The Balaban J connectivity index is 2.07. The van der Waals surface area contributed by atoms with Crippen LogP contribution in [-0.2, 0) is 0 Å². The number of aromatic nitrogens is 2. The summed E-state index contributed by atoms with van der Waals surface area (Å²) in [5, 5.41) is 14.1. The molecule has 1 amide bonds. The monoisotopic (exact) mass is 362 g/mol. The zero-order valence-corrected chi connectivity index (χ0v) is 14.4. The van der Waals surface area contributed by atoms with Gasteiger partial charge in [-0.15, -0.1) is 10.2 Å². The Kier molecular flexibility index (Phi) is 5.49. The Morgan fingerprint density at radius 2 is 2.05 bits per heavy atom. The van der Waals surface area contributed by atoms with Crippen LogP contribution in [0, 0.1) is 6.92 Å². The van der Waals surface area contributed by atoms with Crippen molar-refractivity contribution in [3.8, 4) is 0 Å². The van der Waals surface area contributed by atoms with Gasteiger partial charge in [-0.2, -0.15) is 0 Å². The summed E-state index contributed by atoms with van der Waals surface area (Å²) < 4.78 is 1.03. The highest BCUT2D eigenvalue weighted by Gasteiger charge is 2.10. The third kappa shape index (κ3) is 4.27. The van der Waals surface area contributed by atoms with Crippen LogP contribution in [0.1, 0.15) is 36.3 Å². The van der Waals surface area contributed by atoms with Gasteiger partial charge in [0.25, 0.3) is 5.91 Å². The third-order valence-electron chi connectivity index (χ3n) is 3.34. The Hall–Kier alpha value is -1.95. The minimum Gasteiger partial charge on any atom is -0.348 e. The predicted octanol–water partition coefficient (Wildman–Crippen LogP) is 3.82. The number of anilines is 2. The average molecular weight is 363 g/mol. The number of amides is 1. The van der Waals surface area contributed by atoms with Crippen LogP contribution >= 0.6 is 15.9 Å². The maximum atomic E-state index is 11.9. The molecule has 116 valence electrons. The Labute approximate surface area is 138 Å². The molecule has 6 heteroatoms. The highest BCUT2D eigenvalue weighted by molar-refractivity contribution is 9.10. The van der Waals surface area contributed by atoms with E-state index in [1.54, 1.807) is 12.1 Å². The number of carbonyl (C=O) groups is 1. The maximum absolute atomic E-state index is 11.9. The van der Waals surface area contributed by atoms with Gasteiger partial charge in [0.05, 0.1) is 0 Å². The van der Waals surface area contributed by atoms with E-state index in [-0.39, 0.29) is 11.9 Å². The number of hydrogen-bond acceptors (Lipinski definition) is 4. The number of nitrogens with one attached hydrogen (secondary N) is 2. The number of carbonyl (C=O) groups excluding carboxylic acids is 1. The SMILES string of the molecule is CCC(C)NC(=O)c1ccc(Nc2ccc(Br)cc2C)nn1. The van der Waals surface area contributed by atoms with E-state index in [0.29, 0.717) is 11.5 Å². The number of hydrogen-bond donors (Lipinski definition) is 2. The van der Waals surface area contributed by atoms with Crippen molar-refractivity contribution in [1.82, 2.24) is 15.5 Å². The number of nitrogens with zero attached hydrogens (tertiary/aromatic N) is 2. The number of aryl methyl sites for hydroxylation is 1. The highest BCUT2D eigenvalue weighted by Crippen LogP contribution is 2.22. The van der Waals surface area contributed by atoms with Crippen molar-refractivity contribution in [2.24, 2.45) is 0 Å².